The number of ether oxygens (including phenoxy) is 1. The zero-order valence-electron chi connectivity index (χ0n) is 15.9. The standard InChI is InChI=1S/C21H28N2O2.ClH/c1-16(18-8-6-5-7-9-18)22-14-17-10-12-19(13-11-17)25-15-20(24)23-21(2,3)4;/h5-13,16,22H,14-15H2,1-4H3,(H,23,24);1H/p-1. The maximum atomic E-state index is 11.8. The smallest absolute Gasteiger partial charge is 0.258 e. The molecule has 0 aliphatic rings. The molecule has 0 saturated heterocycles. The molecule has 26 heavy (non-hydrogen) atoms. The molecule has 2 rings (SSSR count). The molecular weight excluding hydrogens is 348 g/mol. The van der Waals surface area contributed by atoms with Gasteiger partial charge in [-0.15, -0.1) is 0 Å². The van der Waals surface area contributed by atoms with E-state index in [4.69, 9.17) is 4.74 Å². The summed E-state index contributed by atoms with van der Waals surface area (Å²) in [7, 11) is 0. The minimum Gasteiger partial charge on any atom is -1.00 e. The van der Waals surface area contributed by atoms with Crippen LogP contribution < -0.4 is 27.8 Å². The van der Waals surface area contributed by atoms with Crippen LogP contribution >= 0.6 is 0 Å². The van der Waals surface area contributed by atoms with Gasteiger partial charge in [0.1, 0.15) is 5.75 Å². The Balaban J connectivity index is 0.00000338. The summed E-state index contributed by atoms with van der Waals surface area (Å²) in [4.78, 5) is 11.8. The van der Waals surface area contributed by atoms with Crippen molar-refractivity contribution in [3.63, 3.8) is 0 Å². The van der Waals surface area contributed by atoms with Crippen molar-refractivity contribution in [3.8, 4) is 5.75 Å². The van der Waals surface area contributed by atoms with Crippen molar-refractivity contribution in [2.75, 3.05) is 6.61 Å². The fraction of sp³-hybridized carbons (Fsp3) is 0.381. The molecule has 142 valence electrons. The molecule has 1 amide bonds. The van der Waals surface area contributed by atoms with E-state index in [1.54, 1.807) is 0 Å². The van der Waals surface area contributed by atoms with Crippen LogP contribution in [-0.2, 0) is 11.3 Å². The number of carbonyl (C=O) groups excluding carboxylic acids is 1. The number of benzene rings is 2. The van der Waals surface area contributed by atoms with Crippen molar-refractivity contribution in [3.05, 3.63) is 65.7 Å². The summed E-state index contributed by atoms with van der Waals surface area (Å²) < 4.78 is 5.53. The van der Waals surface area contributed by atoms with Crippen LogP contribution in [0.2, 0.25) is 0 Å². The summed E-state index contributed by atoms with van der Waals surface area (Å²) in [6, 6.07) is 18.5. The minimum absolute atomic E-state index is 0. The van der Waals surface area contributed by atoms with Gasteiger partial charge in [-0.3, -0.25) is 4.79 Å². The summed E-state index contributed by atoms with van der Waals surface area (Å²) >= 11 is 0. The molecule has 1 unspecified atom stereocenters. The van der Waals surface area contributed by atoms with Crippen LogP contribution in [0.4, 0.5) is 0 Å². The third-order valence-electron chi connectivity index (χ3n) is 3.72. The van der Waals surface area contributed by atoms with Crippen molar-refractivity contribution in [2.24, 2.45) is 0 Å². The zero-order chi connectivity index (χ0) is 18.3. The van der Waals surface area contributed by atoms with Crippen LogP contribution in [-0.4, -0.2) is 18.1 Å². The lowest BCUT2D eigenvalue weighted by Crippen LogP contribution is -3.00. The molecule has 2 aromatic carbocycles. The van der Waals surface area contributed by atoms with Gasteiger partial charge in [-0.25, -0.2) is 0 Å². The number of rotatable bonds is 7. The van der Waals surface area contributed by atoms with Crippen LogP contribution in [0.3, 0.4) is 0 Å². The summed E-state index contributed by atoms with van der Waals surface area (Å²) in [6.07, 6.45) is 0. The van der Waals surface area contributed by atoms with Gasteiger partial charge in [0.2, 0.25) is 0 Å². The normalized spacial score (nSPS) is 12.0. The molecule has 4 nitrogen and oxygen atoms in total. The number of hydrogen-bond donors (Lipinski definition) is 2. The lowest BCUT2D eigenvalue weighted by atomic mass is 10.1. The molecule has 0 aliphatic carbocycles. The number of hydrogen-bond acceptors (Lipinski definition) is 3. The molecule has 0 aliphatic heterocycles. The second-order valence-electron chi connectivity index (χ2n) is 7.24. The maximum absolute atomic E-state index is 11.8. The predicted octanol–water partition coefficient (Wildman–Crippen LogP) is 0.835. The number of carbonyl (C=O) groups is 1. The van der Waals surface area contributed by atoms with E-state index in [-0.39, 0.29) is 30.5 Å². The fourth-order valence-corrected chi connectivity index (χ4v) is 2.44. The lowest BCUT2D eigenvalue weighted by Gasteiger charge is -2.20. The zero-order valence-corrected chi connectivity index (χ0v) is 16.6. The van der Waals surface area contributed by atoms with E-state index in [9.17, 15) is 4.79 Å². The van der Waals surface area contributed by atoms with Crippen LogP contribution in [0.15, 0.2) is 54.6 Å². The second-order valence-corrected chi connectivity index (χ2v) is 7.24. The van der Waals surface area contributed by atoms with Crippen LogP contribution in [0.1, 0.15) is 44.9 Å². The van der Waals surface area contributed by atoms with Crippen molar-refractivity contribution in [2.45, 2.75) is 45.8 Å². The van der Waals surface area contributed by atoms with Gasteiger partial charge in [0, 0.05) is 18.1 Å². The first kappa shape index (κ1) is 22.0. The van der Waals surface area contributed by atoms with Crippen molar-refractivity contribution in [1.82, 2.24) is 10.6 Å². The Hall–Kier alpha value is -2.04. The average molecular weight is 376 g/mol. The van der Waals surface area contributed by atoms with Gasteiger partial charge in [0.25, 0.3) is 5.91 Å². The predicted molar refractivity (Wildman–Crippen MR) is 102 cm³/mol. The Bertz CT molecular complexity index is 667. The van der Waals surface area contributed by atoms with Gasteiger partial charge >= 0.3 is 0 Å². The van der Waals surface area contributed by atoms with Gasteiger partial charge < -0.3 is 27.8 Å². The fourth-order valence-electron chi connectivity index (χ4n) is 2.44. The monoisotopic (exact) mass is 375 g/mol. The van der Waals surface area contributed by atoms with Crippen molar-refractivity contribution >= 4 is 5.91 Å². The van der Waals surface area contributed by atoms with E-state index in [1.165, 1.54) is 11.1 Å². The number of halogens is 1. The van der Waals surface area contributed by atoms with E-state index >= 15 is 0 Å². The Kier molecular flexibility index (Phi) is 8.62. The molecule has 5 heteroatoms. The summed E-state index contributed by atoms with van der Waals surface area (Å²) in [5, 5.41) is 6.38. The topological polar surface area (TPSA) is 50.4 Å². The second kappa shape index (κ2) is 10.2. The van der Waals surface area contributed by atoms with Gasteiger partial charge in [-0.1, -0.05) is 42.5 Å². The van der Waals surface area contributed by atoms with Gasteiger partial charge in [-0.2, -0.15) is 0 Å². The molecule has 0 saturated carbocycles. The highest BCUT2D eigenvalue weighted by atomic mass is 35.5. The van der Waals surface area contributed by atoms with Crippen LogP contribution in [0.5, 0.6) is 5.75 Å². The molecule has 0 radical (unpaired) electrons. The summed E-state index contributed by atoms with van der Waals surface area (Å²) in [5.41, 5.74) is 2.20. The van der Waals surface area contributed by atoms with Crippen LogP contribution in [0.25, 0.3) is 0 Å². The lowest BCUT2D eigenvalue weighted by molar-refractivity contribution is -0.124. The molecule has 2 N–H and O–H groups in total. The highest BCUT2D eigenvalue weighted by Crippen LogP contribution is 2.15. The van der Waals surface area contributed by atoms with E-state index in [1.807, 2.05) is 51.1 Å². The minimum atomic E-state index is -0.245. The molecule has 0 heterocycles. The molecule has 1 atom stereocenters. The van der Waals surface area contributed by atoms with Gasteiger partial charge in [0.15, 0.2) is 6.61 Å². The first-order valence-electron chi connectivity index (χ1n) is 8.64. The quantitative estimate of drug-likeness (QED) is 0.754. The average Bonchev–Trinajstić information content (AvgIpc) is 2.58. The van der Waals surface area contributed by atoms with Crippen molar-refractivity contribution in [1.29, 1.82) is 0 Å². The Morgan fingerprint density at radius 3 is 2.23 bits per heavy atom. The van der Waals surface area contributed by atoms with E-state index in [2.05, 4.69) is 41.8 Å². The summed E-state index contributed by atoms with van der Waals surface area (Å²) in [5.74, 6) is 0.582. The first-order valence-corrected chi connectivity index (χ1v) is 8.64. The first-order chi connectivity index (χ1) is 11.8. The highest BCUT2D eigenvalue weighted by Gasteiger charge is 2.13. The van der Waals surface area contributed by atoms with Gasteiger partial charge in [-0.05, 0) is 51.0 Å². The molecule has 2 aromatic rings. The summed E-state index contributed by atoms with van der Waals surface area (Å²) in [6.45, 7) is 8.80. The highest BCUT2D eigenvalue weighted by molar-refractivity contribution is 5.78. The Morgan fingerprint density at radius 1 is 1.04 bits per heavy atom. The third-order valence-corrected chi connectivity index (χ3v) is 3.72. The third kappa shape index (κ3) is 7.89. The van der Waals surface area contributed by atoms with Crippen LogP contribution in [0, 0.1) is 0 Å². The van der Waals surface area contributed by atoms with E-state index in [0.717, 1.165) is 6.54 Å². The molecule has 0 bridgehead atoms. The van der Waals surface area contributed by atoms with E-state index < -0.39 is 0 Å². The number of amides is 1. The molecular formula is C21H28ClN2O2-. The largest absolute Gasteiger partial charge is 1.00 e. The van der Waals surface area contributed by atoms with Crippen molar-refractivity contribution < 1.29 is 21.9 Å². The Labute approximate surface area is 162 Å². The SMILES string of the molecule is CC(NCc1ccc(OCC(=O)NC(C)(C)C)cc1)c1ccccc1.[Cl-]. The van der Waals surface area contributed by atoms with E-state index in [0.29, 0.717) is 11.8 Å². The Morgan fingerprint density at radius 2 is 1.65 bits per heavy atom. The molecule has 0 aromatic heterocycles. The molecule has 0 spiro atoms. The molecule has 0 fully saturated rings. The maximum Gasteiger partial charge on any atom is 0.258 e. The van der Waals surface area contributed by atoms with Gasteiger partial charge in [0.05, 0.1) is 0 Å². The number of nitrogens with one attached hydrogen (secondary N) is 2.